The van der Waals surface area contributed by atoms with E-state index in [1.54, 1.807) is 88.4 Å². The van der Waals surface area contributed by atoms with Crippen molar-refractivity contribution in [3.05, 3.63) is 227 Å². The van der Waals surface area contributed by atoms with Gasteiger partial charge in [0.15, 0.2) is 27.4 Å². The van der Waals surface area contributed by atoms with E-state index >= 15 is 0 Å². The van der Waals surface area contributed by atoms with Crippen molar-refractivity contribution >= 4 is 52.0 Å². The van der Waals surface area contributed by atoms with E-state index in [9.17, 15) is 37.2 Å². The van der Waals surface area contributed by atoms with Gasteiger partial charge in [0.25, 0.3) is 11.8 Å². The topological polar surface area (TPSA) is 238 Å². The summed E-state index contributed by atoms with van der Waals surface area (Å²) in [5.74, 6) is -2.46. The minimum atomic E-state index is -4.66. The van der Waals surface area contributed by atoms with E-state index in [1.165, 1.54) is 31.3 Å². The zero-order valence-electron chi connectivity index (χ0n) is 46.9. The molecule has 432 valence electrons. The van der Waals surface area contributed by atoms with Crippen molar-refractivity contribution < 1.29 is 56.1 Å². The van der Waals surface area contributed by atoms with Crippen molar-refractivity contribution in [2.45, 2.75) is 68.1 Å². The molecule has 1 aromatic heterocycles. The summed E-state index contributed by atoms with van der Waals surface area (Å²) in [5.41, 5.74) is 4.69. The molecule has 19 heteroatoms. The third kappa shape index (κ3) is 13.2. The molecule has 2 fully saturated rings. The Balaban J connectivity index is 0.838. The fraction of sp³-hybridized carbons (Fsp3) is 0.246. The van der Waals surface area contributed by atoms with E-state index < -0.39 is 86.0 Å². The molecule has 0 bridgehead atoms. The zero-order valence-corrected chi connectivity index (χ0v) is 47.8. The van der Waals surface area contributed by atoms with Crippen molar-refractivity contribution in [2.75, 3.05) is 32.8 Å². The second kappa shape index (κ2) is 25.3. The Morgan fingerprint density at radius 3 is 1.50 bits per heavy atom. The summed E-state index contributed by atoms with van der Waals surface area (Å²) in [6.45, 7) is 7.11. The lowest BCUT2D eigenvalue weighted by atomic mass is 9.93. The highest BCUT2D eigenvalue weighted by Crippen LogP contribution is 2.50. The number of fused-ring (bicyclic) bond motifs is 1. The SMILES string of the molecule is CC(C)(OC(=O)NCCNC(=O)OC[C@@]1(C)[C@H](C(=O)OC(c2ccccc2)c2ccccc2)N2C(=O)/C(=C/c3cc(C(=O)NCCNC(=O)OC(C)(C)c4ccc(-c5ccccc5)cc4)ccn3)[C@H]2S1(=O)=O)c1ccc(-c2ccccc2)cc1. The lowest BCUT2D eigenvalue weighted by Gasteiger charge is -2.39. The number of hydrogen-bond acceptors (Lipinski definition) is 13. The van der Waals surface area contributed by atoms with Gasteiger partial charge < -0.3 is 45.1 Å². The van der Waals surface area contributed by atoms with Crippen LogP contribution in [-0.2, 0) is 49.6 Å². The molecule has 0 saturated carbocycles. The van der Waals surface area contributed by atoms with Crippen molar-refractivity contribution in [1.29, 1.82) is 0 Å². The lowest BCUT2D eigenvalue weighted by molar-refractivity contribution is -0.161. The van der Waals surface area contributed by atoms with Crippen LogP contribution in [0.1, 0.15) is 79.0 Å². The number of aromatic nitrogens is 1. The third-order valence-electron chi connectivity index (χ3n) is 14.7. The van der Waals surface area contributed by atoms with Crippen molar-refractivity contribution in [1.82, 2.24) is 31.2 Å². The van der Waals surface area contributed by atoms with Gasteiger partial charge in [0.05, 0.1) is 11.3 Å². The number of amides is 5. The van der Waals surface area contributed by atoms with Crippen LogP contribution >= 0.6 is 0 Å². The molecule has 2 saturated heterocycles. The highest BCUT2D eigenvalue weighted by molar-refractivity contribution is 7.94. The summed E-state index contributed by atoms with van der Waals surface area (Å²) < 4.78 is 50.8. The van der Waals surface area contributed by atoms with Gasteiger partial charge in [-0.3, -0.25) is 14.6 Å². The summed E-state index contributed by atoms with van der Waals surface area (Å²) >= 11 is 0. The number of sulfone groups is 1. The van der Waals surface area contributed by atoms with E-state index in [1.807, 2.05) is 109 Å². The molecule has 7 aromatic rings. The Labute approximate surface area is 487 Å². The number of benzene rings is 6. The van der Waals surface area contributed by atoms with Crippen molar-refractivity contribution in [3.63, 3.8) is 0 Å². The summed E-state index contributed by atoms with van der Waals surface area (Å²) in [5, 5.41) is 8.73. The molecule has 2 aliphatic rings. The Hall–Kier alpha value is -9.62. The molecule has 3 heterocycles. The smallest absolute Gasteiger partial charge is 0.408 e. The molecule has 0 unspecified atom stereocenters. The van der Waals surface area contributed by atoms with Crippen LogP contribution in [0.3, 0.4) is 0 Å². The predicted molar refractivity (Wildman–Crippen MR) is 315 cm³/mol. The molecule has 18 nitrogen and oxygen atoms in total. The number of pyridine rings is 1. The molecule has 9 rings (SSSR count). The van der Waals surface area contributed by atoms with Crippen molar-refractivity contribution in [2.24, 2.45) is 0 Å². The second-order valence-electron chi connectivity index (χ2n) is 21.3. The maximum Gasteiger partial charge on any atom is 0.408 e. The van der Waals surface area contributed by atoms with Crippen LogP contribution in [0.5, 0.6) is 0 Å². The average molecular weight is 1150 g/mol. The molecule has 5 amide bonds. The number of carbonyl (C=O) groups is 6. The number of rotatable bonds is 20. The highest BCUT2D eigenvalue weighted by atomic mass is 32.2. The number of nitrogens with zero attached hydrogens (tertiary/aromatic N) is 2. The fourth-order valence-electron chi connectivity index (χ4n) is 10.0. The van der Waals surface area contributed by atoms with Gasteiger partial charge in [-0.15, -0.1) is 0 Å². The summed E-state index contributed by atoms with van der Waals surface area (Å²) in [7, 11) is -4.66. The van der Waals surface area contributed by atoms with E-state index in [4.69, 9.17) is 18.9 Å². The van der Waals surface area contributed by atoms with E-state index in [2.05, 4.69) is 26.3 Å². The minimum Gasteiger partial charge on any atom is -0.451 e. The minimum absolute atomic E-state index is 0.00837. The van der Waals surface area contributed by atoms with Crippen LogP contribution in [0.4, 0.5) is 14.4 Å². The van der Waals surface area contributed by atoms with Gasteiger partial charge in [0.1, 0.15) is 22.6 Å². The lowest BCUT2D eigenvalue weighted by Crippen LogP contribution is -2.60. The van der Waals surface area contributed by atoms with E-state index in [0.29, 0.717) is 11.1 Å². The molecule has 0 aliphatic carbocycles. The molecule has 84 heavy (non-hydrogen) atoms. The van der Waals surface area contributed by atoms with Crippen LogP contribution in [0.25, 0.3) is 28.3 Å². The fourth-order valence-corrected chi connectivity index (χ4v) is 12.3. The van der Waals surface area contributed by atoms with Gasteiger partial charge in [0, 0.05) is 37.9 Å². The second-order valence-corrected chi connectivity index (χ2v) is 23.8. The van der Waals surface area contributed by atoms with Gasteiger partial charge in [-0.2, -0.15) is 0 Å². The predicted octanol–water partition coefficient (Wildman–Crippen LogP) is 9.63. The highest BCUT2D eigenvalue weighted by Gasteiger charge is 2.73. The molecule has 0 spiro atoms. The van der Waals surface area contributed by atoms with Crippen LogP contribution in [0.15, 0.2) is 194 Å². The Bertz CT molecular complexity index is 3620. The van der Waals surface area contributed by atoms with Crippen LogP contribution < -0.4 is 21.3 Å². The maximum absolute atomic E-state index is 14.9. The van der Waals surface area contributed by atoms with Crippen LogP contribution in [0.2, 0.25) is 0 Å². The molecule has 4 N–H and O–H groups in total. The number of alkyl carbamates (subject to hydrolysis) is 3. The van der Waals surface area contributed by atoms with E-state index in [-0.39, 0.29) is 43.0 Å². The number of nitrogens with one attached hydrogen (secondary N) is 4. The number of esters is 1. The summed E-state index contributed by atoms with van der Waals surface area (Å²) in [6.07, 6.45) is -1.02. The maximum atomic E-state index is 14.9. The number of hydrogen-bond donors (Lipinski definition) is 4. The van der Waals surface area contributed by atoms with E-state index in [0.717, 1.165) is 38.3 Å². The molecular formula is C65H64N6O12S. The Kier molecular flexibility index (Phi) is 17.7. The quantitative estimate of drug-likeness (QED) is 0.0183. The van der Waals surface area contributed by atoms with Gasteiger partial charge >= 0.3 is 24.2 Å². The van der Waals surface area contributed by atoms with Gasteiger partial charge in [-0.1, -0.05) is 170 Å². The number of carbonyl (C=O) groups excluding carboxylic acids is 6. The van der Waals surface area contributed by atoms with Crippen LogP contribution in [-0.4, -0.2) is 103 Å². The first-order chi connectivity index (χ1) is 40.3. The summed E-state index contributed by atoms with van der Waals surface area (Å²) in [4.78, 5) is 86.7. The largest absolute Gasteiger partial charge is 0.451 e. The summed E-state index contributed by atoms with van der Waals surface area (Å²) in [6, 6.07) is 53.6. The number of β-lactam (4-membered cyclic amide) rings is 1. The first kappa shape index (κ1) is 59.0. The molecule has 2 aliphatic heterocycles. The van der Waals surface area contributed by atoms with Gasteiger partial charge in [-0.25, -0.2) is 27.6 Å². The average Bonchev–Trinajstić information content (AvgIpc) is 1.52. The standard InChI is InChI=1S/C65H64N6O12S/c1-63(2,50-30-26-45(27-31-50)43-18-10-6-11-19-43)82-61(76)69-37-36-67-56(72)49-34-35-66-52(40-49)41-53-57(73)71-55(59(74)81-54(47-22-14-8-15-23-47)48-24-16-9-17-25-48)65(5,84(78,79)58(53)71)42-80-60(75)68-38-39-70-62(77)83-64(3,4)51-32-28-46(29-33-51)44-20-12-7-13-21-44/h6-35,40-41,54-55,58H,36-39,42H2,1-5H3,(H,67,72)(H,68,75)(H,69,76)(H,70,77)/b53-41-/t55-,58+,65-/m0/s1. The third-order valence-corrected chi connectivity index (χ3v) is 17.4. The molecule has 3 atom stereocenters. The van der Waals surface area contributed by atoms with Crippen LogP contribution in [0, 0.1) is 0 Å². The van der Waals surface area contributed by atoms with Gasteiger partial charge in [0.2, 0.25) is 0 Å². The van der Waals surface area contributed by atoms with Crippen molar-refractivity contribution in [3.8, 4) is 22.3 Å². The monoisotopic (exact) mass is 1150 g/mol. The Morgan fingerprint density at radius 2 is 1.02 bits per heavy atom. The molecule has 6 aromatic carbocycles. The first-order valence-corrected chi connectivity index (χ1v) is 28.8. The molecular weight excluding hydrogens is 1090 g/mol. The Morgan fingerprint density at radius 1 is 0.595 bits per heavy atom. The normalized spacial score (nSPS) is 17.5. The zero-order chi connectivity index (χ0) is 59.7. The van der Waals surface area contributed by atoms with Gasteiger partial charge in [-0.05, 0) is 97.3 Å². The molecule has 0 radical (unpaired) electrons. The number of ether oxygens (including phenoxy) is 4. The first-order valence-electron chi connectivity index (χ1n) is 27.2.